The molecule has 92 valence electrons. The molecule has 17 heavy (non-hydrogen) atoms. The smallest absolute Gasteiger partial charge is 0.258 e. The molecule has 0 heterocycles. The predicted molar refractivity (Wildman–Crippen MR) is 68.7 cm³/mol. The number of benzene rings is 1. The Kier molecular flexibility index (Phi) is 4.02. The second-order valence-corrected chi connectivity index (χ2v) is 5.00. The number of amides is 1. The van der Waals surface area contributed by atoms with Gasteiger partial charge in [-0.05, 0) is 31.0 Å². The molecule has 0 aromatic heterocycles. The van der Waals surface area contributed by atoms with Crippen LogP contribution in [0.4, 0.5) is 0 Å². The molecule has 2 rings (SSSR count). The van der Waals surface area contributed by atoms with Crippen LogP contribution in [0.25, 0.3) is 0 Å². The third-order valence-corrected chi connectivity index (χ3v) is 3.04. The van der Waals surface area contributed by atoms with Crippen molar-refractivity contribution in [2.75, 3.05) is 6.61 Å². The lowest BCUT2D eigenvalue weighted by Gasteiger charge is -2.10. The van der Waals surface area contributed by atoms with Crippen LogP contribution in [0, 0.1) is 0 Å². The van der Waals surface area contributed by atoms with E-state index in [1.54, 1.807) is 0 Å². The van der Waals surface area contributed by atoms with Crippen LogP contribution in [0.2, 0.25) is 0 Å². The van der Waals surface area contributed by atoms with Crippen LogP contribution in [0.5, 0.6) is 5.75 Å². The van der Waals surface area contributed by atoms with Crippen molar-refractivity contribution in [1.82, 2.24) is 5.32 Å². The number of hydrogen-bond acceptors (Lipinski definition) is 3. The lowest BCUT2D eigenvalue weighted by Crippen LogP contribution is -2.30. The summed E-state index contributed by atoms with van der Waals surface area (Å²) in [5.41, 5.74) is 6.50. The molecule has 3 N–H and O–H groups in total. The van der Waals surface area contributed by atoms with Gasteiger partial charge in [-0.1, -0.05) is 15.9 Å². The average molecular weight is 299 g/mol. The van der Waals surface area contributed by atoms with Gasteiger partial charge in [0.2, 0.25) is 0 Å². The highest BCUT2D eigenvalue weighted by molar-refractivity contribution is 9.10. The van der Waals surface area contributed by atoms with Crippen molar-refractivity contribution in [3.63, 3.8) is 0 Å². The van der Waals surface area contributed by atoms with Crippen LogP contribution in [0.1, 0.15) is 18.4 Å². The van der Waals surface area contributed by atoms with E-state index in [0.29, 0.717) is 18.3 Å². The molecule has 1 aromatic carbocycles. The highest BCUT2D eigenvalue weighted by Crippen LogP contribution is 2.23. The van der Waals surface area contributed by atoms with E-state index < -0.39 is 0 Å². The second kappa shape index (κ2) is 5.51. The molecule has 5 heteroatoms. The van der Waals surface area contributed by atoms with Gasteiger partial charge in [-0.25, -0.2) is 0 Å². The highest BCUT2D eigenvalue weighted by Gasteiger charge is 2.23. The Hall–Kier alpha value is -1.07. The number of carbonyl (C=O) groups is 1. The molecule has 1 aromatic rings. The Morgan fingerprint density at radius 3 is 2.94 bits per heavy atom. The van der Waals surface area contributed by atoms with Crippen molar-refractivity contribution in [3.05, 3.63) is 28.2 Å². The van der Waals surface area contributed by atoms with E-state index in [1.807, 2.05) is 18.2 Å². The second-order valence-electron chi connectivity index (χ2n) is 4.09. The lowest BCUT2D eigenvalue weighted by atomic mass is 10.2. The predicted octanol–water partition coefficient (Wildman–Crippen LogP) is 1.57. The number of hydrogen-bond donors (Lipinski definition) is 2. The van der Waals surface area contributed by atoms with Gasteiger partial charge >= 0.3 is 0 Å². The third kappa shape index (κ3) is 3.71. The monoisotopic (exact) mass is 298 g/mol. The number of halogens is 1. The molecule has 0 bridgehead atoms. The SMILES string of the molecule is NCc1cc(Br)ccc1OCC(=O)NC1CC1. The van der Waals surface area contributed by atoms with Gasteiger partial charge in [0.1, 0.15) is 5.75 Å². The molecule has 0 aliphatic heterocycles. The largest absolute Gasteiger partial charge is 0.483 e. The van der Waals surface area contributed by atoms with Crippen molar-refractivity contribution in [3.8, 4) is 5.75 Å². The summed E-state index contributed by atoms with van der Waals surface area (Å²) < 4.78 is 6.41. The number of nitrogens with two attached hydrogens (primary N) is 1. The van der Waals surface area contributed by atoms with Gasteiger partial charge in [0, 0.05) is 22.6 Å². The Morgan fingerprint density at radius 2 is 2.29 bits per heavy atom. The van der Waals surface area contributed by atoms with Crippen LogP contribution in [0.3, 0.4) is 0 Å². The van der Waals surface area contributed by atoms with Gasteiger partial charge in [-0.15, -0.1) is 0 Å². The first kappa shape index (κ1) is 12.4. The Bertz CT molecular complexity index is 419. The van der Waals surface area contributed by atoms with E-state index in [0.717, 1.165) is 22.9 Å². The summed E-state index contributed by atoms with van der Waals surface area (Å²) in [5, 5.41) is 2.87. The number of nitrogens with one attached hydrogen (secondary N) is 1. The van der Waals surface area contributed by atoms with Crippen molar-refractivity contribution in [1.29, 1.82) is 0 Å². The van der Waals surface area contributed by atoms with Crippen LogP contribution in [-0.2, 0) is 11.3 Å². The lowest BCUT2D eigenvalue weighted by molar-refractivity contribution is -0.123. The molecule has 4 nitrogen and oxygen atoms in total. The molecule has 1 fully saturated rings. The van der Waals surface area contributed by atoms with Gasteiger partial charge in [0.25, 0.3) is 5.91 Å². The summed E-state index contributed by atoms with van der Waals surface area (Å²) in [4.78, 5) is 11.5. The maximum Gasteiger partial charge on any atom is 0.258 e. The van der Waals surface area contributed by atoms with Crippen LogP contribution >= 0.6 is 15.9 Å². The minimum absolute atomic E-state index is 0.0468. The molecule has 0 spiro atoms. The molecular weight excluding hydrogens is 284 g/mol. The van der Waals surface area contributed by atoms with E-state index in [4.69, 9.17) is 10.5 Å². The van der Waals surface area contributed by atoms with Gasteiger partial charge in [0.05, 0.1) is 0 Å². The van der Waals surface area contributed by atoms with Crippen LogP contribution in [0.15, 0.2) is 22.7 Å². The quantitative estimate of drug-likeness (QED) is 0.867. The topological polar surface area (TPSA) is 64.3 Å². The zero-order valence-corrected chi connectivity index (χ0v) is 11.0. The first-order valence-corrected chi connectivity index (χ1v) is 6.39. The molecule has 1 aliphatic rings. The van der Waals surface area contributed by atoms with Gasteiger partial charge < -0.3 is 15.8 Å². The van der Waals surface area contributed by atoms with E-state index in [2.05, 4.69) is 21.2 Å². The summed E-state index contributed by atoms with van der Waals surface area (Å²) in [5.74, 6) is 0.597. The van der Waals surface area contributed by atoms with E-state index >= 15 is 0 Å². The zero-order chi connectivity index (χ0) is 12.3. The molecule has 1 saturated carbocycles. The minimum atomic E-state index is -0.0709. The van der Waals surface area contributed by atoms with Crippen molar-refractivity contribution >= 4 is 21.8 Å². The van der Waals surface area contributed by atoms with Crippen LogP contribution < -0.4 is 15.8 Å². The molecule has 0 radical (unpaired) electrons. The number of rotatable bonds is 5. The molecule has 1 amide bonds. The Morgan fingerprint density at radius 1 is 1.53 bits per heavy atom. The maximum absolute atomic E-state index is 11.5. The first-order chi connectivity index (χ1) is 8.19. The van der Waals surface area contributed by atoms with E-state index in [1.165, 1.54) is 0 Å². The molecule has 1 aliphatic carbocycles. The molecule has 0 atom stereocenters. The van der Waals surface area contributed by atoms with Crippen molar-refractivity contribution in [2.45, 2.75) is 25.4 Å². The highest BCUT2D eigenvalue weighted by atomic mass is 79.9. The van der Waals surface area contributed by atoms with E-state index in [-0.39, 0.29) is 12.5 Å². The zero-order valence-electron chi connectivity index (χ0n) is 9.41. The standard InChI is InChI=1S/C12H15BrN2O2/c13-9-1-4-11(8(5-9)6-14)17-7-12(16)15-10-2-3-10/h1,4-5,10H,2-3,6-7,14H2,(H,15,16). The fraction of sp³-hybridized carbons (Fsp3) is 0.417. The van der Waals surface area contributed by atoms with Gasteiger partial charge in [0.15, 0.2) is 6.61 Å². The summed E-state index contributed by atoms with van der Waals surface area (Å²) in [6, 6.07) is 5.95. The van der Waals surface area contributed by atoms with Crippen LogP contribution in [-0.4, -0.2) is 18.6 Å². The Balaban J connectivity index is 1.90. The fourth-order valence-electron chi connectivity index (χ4n) is 1.49. The summed E-state index contributed by atoms with van der Waals surface area (Å²) in [6.45, 7) is 0.435. The normalized spacial score (nSPS) is 14.5. The number of ether oxygens (including phenoxy) is 1. The summed E-state index contributed by atoms with van der Waals surface area (Å²) in [7, 11) is 0. The average Bonchev–Trinajstić information content (AvgIpc) is 3.11. The fourth-order valence-corrected chi connectivity index (χ4v) is 1.90. The maximum atomic E-state index is 11.5. The minimum Gasteiger partial charge on any atom is -0.483 e. The molecular formula is C12H15BrN2O2. The van der Waals surface area contributed by atoms with Crippen molar-refractivity contribution in [2.24, 2.45) is 5.73 Å². The Labute approximate surface area is 109 Å². The van der Waals surface area contributed by atoms with Gasteiger partial charge in [-0.3, -0.25) is 4.79 Å². The summed E-state index contributed by atoms with van der Waals surface area (Å²) >= 11 is 3.37. The van der Waals surface area contributed by atoms with Gasteiger partial charge in [-0.2, -0.15) is 0 Å². The number of carbonyl (C=O) groups excluding carboxylic acids is 1. The summed E-state index contributed by atoms with van der Waals surface area (Å²) in [6.07, 6.45) is 2.16. The molecule has 0 saturated heterocycles. The van der Waals surface area contributed by atoms with Crippen molar-refractivity contribution < 1.29 is 9.53 Å². The third-order valence-electron chi connectivity index (χ3n) is 2.54. The molecule has 0 unspecified atom stereocenters. The van der Waals surface area contributed by atoms with E-state index in [9.17, 15) is 4.79 Å². The first-order valence-electron chi connectivity index (χ1n) is 5.59.